The molecule has 2 rings (SSSR count). The van der Waals surface area contributed by atoms with Gasteiger partial charge in [0.1, 0.15) is 5.69 Å². The Labute approximate surface area is 99.7 Å². The molecule has 0 bridgehead atoms. The molecule has 1 heterocycles. The molecular formula is C14H12N2O. The van der Waals surface area contributed by atoms with Gasteiger partial charge in [-0.2, -0.15) is 5.26 Å². The van der Waals surface area contributed by atoms with Crippen LogP contribution in [0.3, 0.4) is 0 Å². The zero-order valence-corrected chi connectivity index (χ0v) is 9.55. The second kappa shape index (κ2) is 4.75. The van der Waals surface area contributed by atoms with Crippen LogP contribution in [0.4, 0.5) is 0 Å². The first-order valence-electron chi connectivity index (χ1n) is 5.49. The van der Waals surface area contributed by atoms with E-state index in [1.54, 1.807) is 13.1 Å². The summed E-state index contributed by atoms with van der Waals surface area (Å²) in [5.74, 6) is -0.348. The summed E-state index contributed by atoms with van der Waals surface area (Å²) in [6, 6.07) is 11.6. The van der Waals surface area contributed by atoms with Gasteiger partial charge in [-0.25, -0.2) is 0 Å². The van der Waals surface area contributed by atoms with E-state index in [2.05, 4.69) is 11.1 Å². The molecule has 3 nitrogen and oxygen atoms in total. The van der Waals surface area contributed by atoms with Crippen molar-refractivity contribution in [1.82, 2.24) is 4.98 Å². The van der Waals surface area contributed by atoms with Crippen molar-refractivity contribution in [3.8, 4) is 6.07 Å². The predicted octanol–water partition coefficient (Wildman–Crippen LogP) is 2.97. The molecule has 17 heavy (non-hydrogen) atoms. The second-order valence-electron chi connectivity index (χ2n) is 4.04. The van der Waals surface area contributed by atoms with Crippen LogP contribution in [-0.2, 0) is 0 Å². The van der Waals surface area contributed by atoms with Gasteiger partial charge in [0, 0.05) is 18.0 Å². The lowest BCUT2D eigenvalue weighted by molar-refractivity contribution is 0.0970. The fourth-order valence-electron chi connectivity index (χ4n) is 1.76. The van der Waals surface area contributed by atoms with Crippen LogP contribution in [0.5, 0.6) is 0 Å². The molecule has 1 unspecified atom stereocenters. The first-order valence-corrected chi connectivity index (χ1v) is 5.49. The zero-order valence-electron chi connectivity index (χ0n) is 9.55. The Morgan fingerprint density at radius 3 is 2.94 bits per heavy atom. The van der Waals surface area contributed by atoms with Gasteiger partial charge in [0.05, 0.1) is 12.0 Å². The normalized spacial score (nSPS) is 12.0. The zero-order chi connectivity index (χ0) is 12.3. The van der Waals surface area contributed by atoms with Crippen LogP contribution in [0.15, 0.2) is 36.5 Å². The van der Waals surface area contributed by atoms with E-state index in [9.17, 15) is 4.79 Å². The number of fused-ring (bicyclic) bond motifs is 1. The van der Waals surface area contributed by atoms with Crippen molar-refractivity contribution >= 4 is 16.6 Å². The Balaban J connectivity index is 2.42. The summed E-state index contributed by atoms with van der Waals surface area (Å²) in [5.41, 5.74) is 0.463. The van der Waals surface area contributed by atoms with Crippen molar-refractivity contribution in [3.63, 3.8) is 0 Å². The van der Waals surface area contributed by atoms with Gasteiger partial charge in [-0.15, -0.1) is 0 Å². The van der Waals surface area contributed by atoms with Crippen LogP contribution in [-0.4, -0.2) is 10.8 Å². The predicted molar refractivity (Wildman–Crippen MR) is 65.5 cm³/mol. The summed E-state index contributed by atoms with van der Waals surface area (Å²) in [6.45, 7) is 1.74. The number of aromatic nitrogens is 1. The van der Waals surface area contributed by atoms with Crippen molar-refractivity contribution in [2.45, 2.75) is 13.3 Å². The van der Waals surface area contributed by atoms with Gasteiger partial charge in [-0.1, -0.05) is 24.3 Å². The third-order valence-electron chi connectivity index (χ3n) is 2.65. The number of hydrogen-bond donors (Lipinski definition) is 0. The van der Waals surface area contributed by atoms with E-state index in [-0.39, 0.29) is 18.1 Å². The van der Waals surface area contributed by atoms with Gasteiger partial charge in [0.2, 0.25) is 0 Å². The molecule has 0 saturated carbocycles. The van der Waals surface area contributed by atoms with E-state index in [1.165, 1.54) is 0 Å². The van der Waals surface area contributed by atoms with Crippen LogP contribution in [0.25, 0.3) is 10.8 Å². The van der Waals surface area contributed by atoms with Crippen molar-refractivity contribution < 1.29 is 4.79 Å². The van der Waals surface area contributed by atoms with Crippen molar-refractivity contribution in [3.05, 3.63) is 42.2 Å². The van der Waals surface area contributed by atoms with Crippen LogP contribution >= 0.6 is 0 Å². The first-order chi connectivity index (χ1) is 8.22. The van der Waals surface area contributed by atoms with Gasteiger partial charge in [0.25, 0.3) is 0 Å². The number of carbonyl (C=O) groups excluding carboxylic acids is 1. The molecule has 2 aromatic rings. The molecule has 1 aromatic carbocycles. The number of nitrogens with zero attached hydrogens (tertiary/aromatic N) is 2. The highest BCUT2D eigenvalue weighted by Crippen LogP contribution is 2.18. The van der Waals surface area contributed by atoms with Gasteiger partial charge in [0.15, 0.2) is 5.78 Å². The molecule has 3 heteroatoms. The fraction of sp³-hybridized carbons (Fsp3) is 0.214. The molecule has 1 atom stereocenters. The number of rotatable bonds is 3. The molecule has 0 saturated heterocycles. The summed E-state index contributed by atoms with van der Waals surface area (Å²) in [5, 5.41) is 10.6. The standard InChI is InChI=1S/C14H12N2O/c1-10(9-15)8-13(17)14-12-5-3-2-4-11(12)6-7-16-14/h2-7,10H,8H2,1H3. The molecule has 0 aliphatic rings. The molecular weight excluding hydrogens is 212 g/mol. The number of hydrogen-bond acceptors (Lipinski definition) is 3. The lowest BCUT2D eigenvalue weighted by Gasteiger charge is -2.05. The highest BCUT2D eigenvalue weighted by molar-refractivity contribution is 6.06. The molecule has 1 aromatic heterocycles. The molecule has 0 fully saturated rings. The lowest BCUT2D eigenvalue weighted by atomic mass is 10.0. The second-order valence-corrected chi connectivity index (χ2v) is 4.04. The first kappa shape index (κ1) is 11.3. The summed E-state index contributed by atoms with van der Waals surface area (Å²) in [4.78, 5) is 16.1. The Bertz CT molecular complexity index is 593. The largest absolute Gasteiger partial charge is 0.292 e. The molecule has 84 valence electrons. The van der Waals surface area contributed by atoms with Gasteiger partial charge >= 0.3 is 0 Å². The molecule has 0 aliphatic heterocycles. The molecule has 0 N–H and O–H groups in total. The average molecular weight is 224 g/mol. The minimum Gasteiger partial charge on any atom is -0.292 e. The maximum absolute atomic E-state index is 12.0. The van der Waals surface area contributed by atoms with E-state index >= 15 is 0 Å². The Kier molecular flexibility index (Phi) is 3.15. The summed E-state index contributed by atoms with van der Waals surface area (Å²) in [7, 11) is 0. The Morgan fingerprint density at radius 1 is 1.41 bits per heavy atom. The van der Waals surface area contributed by atoms with Gasteiger partial charge in [-0.3, -0.25) is 9.78 Å². The summed E-state index contributed by atoms with van der Waals surface area (Å²) >= 11 is 0. The number of Topliss-reactive ketones (excluding diaryl/α,β-unsaturated/α-hetero) is 1. The quantitative estimate of drug-likeness (QED) is 0.753. The Hall–Kier alpha value is -2.21. The van der Waals surface area contributed by atoms with Crippen LogP contribution in [0.2, 0.25) is 0 Å². The highest BCUT2D eigenvalue weighted by Gasteiger charge is 2.14. The van der Waals surface area contributed by atoms with E-state index in [0.717, 1.165) is 10.8 Å². The third kappa shape index (κ3) is 2.31. The summed E-state index contributed by atoms with van der Waals surface area (Å²) in [6.07, 6.45) is 1.85. The van der Waals surface area contributed by atoms with E-state index in [0.29, 0.717) is 5.69 Å². The lowest BCUT2D eigenvalue weighted by Crippen LogP contribution is -2.07. The molecule has 0 aliphatic carbocycles. The maximum Gasteiger partial charge on any atom is 0.183 e. The molecule has 0 amide bonds. The summed E-state index contributed by atoms with van der Waals surface area (Å²) < 4.78 is 0. The van der Waals surface area contributed by atoms with Crippen LogP contribution in [0, 0.1) is 17.2 Å². The topological polar surface area (TPSA) is 53.8 Å². The third-order valence-corrected chi connectivity index (χ3v) is 2.65. The number of nitriles is 1. The average Bonchev–Trinajstić information content (AvgIpc) is 2.37. The minimum absolute atomic E-state index is 0.0733. The Morgan fingerprint density at radius 2 is 2.18 bits per heavy atom. The maximum atomic E-state index is 12.0. The number of pyridine rings is 1. The SMILES string of the molecule is CC(C#N)CC(=O)c1nccc2ccccc12. The molecule has 0 spiro atoms. The van der Waals surface area contributed by atoms with Crippen molar-refractivity contribution in [1.29, 1.82) is 5.26 Å². The van der Waals surface area contributed by atoms with Gasteiger partial charge in [-0.05, 0) is 18.4 Å². The van der Waals surface area contributed by atoms with Crippen molar-refractivity contribution in [2.24, 2.45) is 5.92 Å². The van der Waals surface area contributed by atoms with Crippen molar-refractivity contribution in [2.75, 3.05) is 0 Å². The van der Waals surface area contributed by atoms with Crippen LogP contribution < -0.4 is 0 Å². The van der Waals surface area contributed by atoms with E-state index in [4.69, 9.17) is 5.26 Å². The highest BCUT2D eigenvalue weighted by atomic mass is 16.1. The molecule has 0 radical (unpaired) electrons. The van der Waals surface area contributed by atoms with E-state index < -0.39 is 0 Å². The monoisotopic (exact) mass is 224 g/mol. The fourth-order valence-corrected chi connectivity index (χ4v) is 1.76. The number of carbonyl (C=O) groups is 1. The number of ketones is 1. The number of benzene rings is 1. The van der Waals surface area contributed by atoms with Gasteiger partial charge < -0.3 is 0 Å². The van der Waals surface area contributed by atoms with E-state index in [1.807, 2.05) is 30.3 Å². The van der Waals surface area contributed by atoms with Crippen LogP contribution in [0.1, 0.15) is 23.8 Å². The smallest absolute Gasteiger partial charge is 0.183 e. The minimum atomic E-state index is -0.275.